The van der Waals surface area contributed by atoms with Gasteiger partial charge in [0, 0.05) is 42.8 Å². The Morgan fingerprint density at radius 2 is 1.83 bits per heavy atom. The number of aromatic nitrogens is 1. The van der Waals surface area contributed by atoms with Gasteiger partial charge in [-0.25, -0.2) is 0 Å². The highest BCUT2D eigenvalue weighted by molar-refractivity contribution is 5.95. The first-order chi connectivity index (χ1) is 10.9. The first kappa shape index (κ1) is 15.6. The topological polar surface area (TPSA) is 56.4 Å². The number of para-hydroxylation sites is 1. The fourth-order valence-electron chi connectivity index (χ4n) is 3.61. The number of H-pyrrole nitrogens is 1. The molecule has 23 heavy (non-hydrogen) atoms. The van der Waals surface area contributed by atoms with E-state index in [1.165, 1.54) is 0 Å². The zero-order chi connectivity index (χ0) is 16.6. The predicted molar refractivity (Wildman–Crippen MR) is 90.3 cm³/mol. The summed E-state index contributed by atoms with van der Waals surface area (Å²) in [5.74, 6) is 0.121. The first-order valence-electron chi connectivity index (χ1n) is 8.01. The molecule has 2 heterocycles. The number of nitrogens with one attached hydrogen (secondary N) is 1. The minimum atomic E-state index is -0.604. The monoisotopic (exact) mass is 313 g/mol. The van der Waals surface area contributed by atoms with E-state index in [4.69, 9.17) is 0 Å². The normalized spacial score (nSPS) is 16.0. The average Bonchev–Trinajstić information content (AvgIpc) is 2.90. The maximum Gasteiger partial charge on any atom is 0.232 e. The van der Waals surface area contributed by atoms with Crippen molar-refractivity contribution in [2.45, 2.75) is 26.2 Å². The van der Waals surface area contributed by atoms with Gasteiger partial charge >= 0.3 is 0 Å². The zero-order valence-corrected chi connectivity index (χ0v) is 13.9. The van der Waals surface area contributed by atoms with Crippen LogP contribution in [0, 0.1) is 6.92 Å². The molecule has 0 bridgehead atoms. The number of fused-ring (bicyclic) bond motifs is 1. The summed E-state index contributed by atoms with van der Waals surface area (Å²) in [6.45, 7) is 8.42. The lowest BCUT2D eigenvalue weighted by atomic mass is 9.81. The first-order valence-corrected chi connectivity index (χ1v) is 8.01. The van der Waals surface area contributed by atoms with Gasteiger partial charge in [-0.15, -0.1) is 0 Å². The third kappa shape index (κ3) is 2.60. The quantitative estimate of drug-likeness (QED) is 0.882. The molecule has 2 aromatic rings. The van der Waals surface area contributed by atoms with Crippen LogP contribution in [0.4, 0.5) is 0 Å². The fraction of sp³-hybridized carbons (Fsp3) is 0.444. The van der Waals surface area contributed by atoms with E-state index in [9.17, 15) is 9.59 Å². The van der Waals surface area contributed by atoms with Gasteiger partial charge in [-0.2, -0.15) is 0 Å². The van der Waals surface area contributed by atoms with E-state index in [2.05, 4.69) is 11.1 Å². The van der Waals surface area contributed by atoms with E-state index < -0.39 is 5.41 Å². The van der Waals surface area contributed by atoms with Gasteiger partial charge in [0.05, 0.1) is 5.41 Å². The standard InChI is InChI=1S/C18H23N3O2/c1-13-16(14-6-4-5-7-15(14)19-13)18(2,3)17(23)21-10-8-20(12-22)9-11-21/h4-7,12,19H,8-11H2,1-3H3. The lowest BCUT2D eigenvalue weighted by Gasteiger charge is -2.37. The maximum atomic E-state index is 13.1. The maximum absolute atomic E-state index is 13.1. The summed E-state index contributed by atoms with van der Waals surface area (Å²) in [7, 11) is 0. The number of aryl methyl sites for hydroxylation is 1. The molecule has 0 spiro atoms. The molecular formula is C18H23N3O2. The smallest absolute Gasteiger partial charge is 0.232 e. The Kier molecular flexibility index (Phi) is 3.88. The minimum Gasteiger partial charge on any atom is -0.358 e. The van der Waals surface area contributed by atoms with Crippen molar-refractivity contribution >= 4 is 23.2 Å². The second-order valence-electron chi connectivity index (χ2n) is 6.73. The Balaban J connectivity index is 1.92. The molecule has 0 atom stereocenters. The van der Waals surface area contributed by atoms with Crippen molar-refractivity contribution in [1.82, 2.24) is 14.8 Å². The molecule has 1 aromatic carbocycles. The van der Waals surface area contributed by atoms with Crippen LogP contribution in [0.15, 0.2) is 24.3 Å². The van der Waals surface area contributed by atoms with Crippen LogP contribution in [-0.2, 0) is 15.0 Å². The Bertz CT molecular complexity index is 740. The summed E-state index contributed by atoms with van der Waals surface area (Å²) in [5, 5.41) is 1.11. The number of carbonyl (C=O) groups excluding carboxylic acids is 2. The van der Waals surface area contributed by atoms with Crippen molar-refractivity contribution in [1.29, 1.82) is 0 Å². The van der Waals surface area contributed by atoms with E-state index in [1.807, 2.05) is 43.9 Å². The van der Waals surface area contributed by atoms with Gasteiger partial charge in [-0.1, -0.05) is 18.2 Å². The van der Waals surface area contributed by atoms with Gasteiger partial charge in [0.15, 0.2) is 0 Å². The molecule has 1 fully saturated rings. The Hall–Kier alpha value is -2.30. The molecule has 5 nitrogen and oxygen atoms in total. The van der Waals surface area contributed by atoms with Gasteiger partial charge in [-0.3, -0.25) is 9.59 Å². The number of hydrogen-bond acceptors (Lipinski definition) is 2. The molecule has 0 unspecified atom stereocenters. The fourth-order valence-corrected chi connectivity index (χ4v) is 3.61. The van der Waals surface area contributed by atoms with E-state index in [0.717, 1.165) is 28.6 Å². The zero-order valence-electron chi connectivity index (χ0n) is 13.9. The van der Waals surface area contributed by atoms with Gasteiger partial charge in [-0.05, 0) is 32.4 Å². The molecule has 0 radical (unpaired) electrons. The number of benzene rings is 1. The summed E-state index contributed by atoms with van der Waals surface area (Å²) < 4.78 is 0. The highest BCUT2D eigenvalue weighted by Gasteiger charge is 2.37. The lowest BCUT2D eigenvalue weighted by Crippen LogP contribution is -2.52. The van der Waals surface area contributed by atoms with Crippen molar-refractivity contribution in [3.05, 3.63) is 35.5 Å². The highest BCUT2D eigenvalue weighted by atomic mass is 16.2. The summed E-state index contributed by atoms with van der Waals surface area (Å²) in [6.07, 6.45) is 0.858. The van der Waals surface area contributed by atoms with Crippen LogP contribution in [0.25, 0.3) is 10.9 Å². The molecule has 1 N–H and O–H groups in total. The summed E-state index contributed by atoms with van der Waals surface area (Å²) in [5.41, 5.74) is 2.56. The number of hydrogen-bond donors (Lipinski definition) is 1. The van der Waals surface area contributed by atoms with Crippen LogP contribution < -0.4 is 0 Å². The van der Waals surface area contributed by atoms with Crippen LogP contribution in [0.3, 0.4) is 0 Å². The summed E-state index contributed by atoms with van der Waals surface area (Å²) in [4.78, 5) is 30.9. The number of rotatable bonds is 3. The largest absolute Gasteiger partial charge is 0.358 e. The summed E-state index contributed by atoms with van der Waals surface area (Å²) >= 11 is 0. The van der Waals surface area contributed by atoms with Crippen LogP contribution in [-0.4, -0.2) is 53.3 Å². The van der Waals surface area contributed by atoms with E-state index >= 15 is 0 Å². The molecule has 1 aliphatic rings. The van der Waals surface area contributed by atoms with Crippen molar-refractivity contribution in [2.24, 2.45) is 0 Å². The van der Waals surface area contributed by atoms with Gasteiger partial charge in [0.25, 0.3) is 0 Å². The van der Waals surface area contributed by atoms with Gasteiger partial charge < -0.3 is 14.8 Å². The van der Waals surface area contributed by atoms with Gasteiger partial charge in [0.2, 0.25) is 12.3 Å². The van der Waals surface area contributed by atoms with Crippen molar-refractivity contribution < 1.29 is 9.59 Å². The molecular weight excluding hydrogens is 290 g/mol. The van der Waals surface area contributed by atoms with E-state index in [0.29, 0.717) is 26.2 Å². The number of amides is 2. The number of piperazine rings is 1. The second kappa shape index (κ2) is 5.72. The van der Waals surface area contributed by atoms with Crippen molar-refractivity contribution in [3.63, 3.8) is 0 Å². The average molecular weight is 313 g/mol. The molecule has 0 aliphatic carbocycles. The Morgan fingerprint density at radius 3 is 2.48 bits per heavy atom. The second-order valence-corrected chi connectivity index (χ2v) is 6.73. The third-order valence-electron chi connectivity index (χ3n) is 4.80. The highest BCUT2D eigenvalue weighted by Crippen LogP contribution is 2.35. The minimum absolute atomic E-state index is 0.121. The molecule has 5 heteroatoms. The number of aromatic amines is 1. The third-order valence-corrected chi connectivity index (χ3v) is 4.80. The number of nitrogens with zero attached hydrogens (tertiary/aromatic N) is 2. The van der Waals surface area contributed by atoms with Crippen LogP contribution in [0.2, 0.25) is 0 Å². The number of carbonyl (C=O) groups is 2. The molecule has 1 aromatic heterocycles. The lowest BCUT2D eigenvalue weighted by molar-refractivity contribution is -0.139. The van der Waals surface area contributed by atoms with Gasteiger partial charge in [0.1, 0.15) is 0 Å². The molecule has 122 valence electrons. The molecule has 1 aliphatic heterocycles. The van der Waals surface area contributed by atoms with Crippen LogP contribution in [0.1, 0.15) is 25.1 Å². The molecule has 3 rings (SSSR count). The Morgan fingerprint density at radius 1 is 1.17 bits per heavy atom. The molecule has 1 saturated heterocycles. The van der Waals surface area contributed by atoms with E-state index in [1.54, 1.807) is 4.90 Å². The molecule has 2 amide bonds. The Labute approximate surface area is 136 Å². The SMILES string of the molecule is Cc1[nH]c2ccccc2c1C(C)(C)C(=O)N1CCN(C=O)CC1. The molecule has 0 saturated carbocycles. The van der Waals surface area contributed by atoms with Crippen LogP contribution >= 0.6 is 0 Å². The van der Waals surface area contributed by atoms with Crippen LogP contribution in [0.5, 0.6) is 0 Å². The van der Waals surface area contributed by atoms with Crippen molar-refractivity contribution in [2.75, 3.05) is 26.2 Å². The predicted octanol–water partition coefficient (Wildman–Crippen LogP) is 2.05. The summed E-state index contributed by atoms with van der Waals surface area (Å²) in [6, 6.07) is 8.10. The van der Waals surface area contributed by atoms with E-state index in [-0.39, 0.29) is 5.91 Å². The van der Waals surface area contributed by atoms with Crippen molar-refractivity contribution in [3.8, 4) is 0 Å².